The number of benzene rings is 9. The van der Waals surface area contributed by atoms with E-state index in [-0.39, 0.29) is 16.7 Å². The second-order valence-electron chi connectivity index (χ2n) is 23.3. The van der Waals surface area contributed by atoms with Crippen molar-refractivity contribution in [2.24, 2.45) is 0 Å². The van der Waals surface area contributed by atoms with Crippen molar-refractivity contribution in [3.8, 4) is 72.8 Å². The average Bonchev–Trinajstić information content (AvgIpc) is 4.31. The Labute approximate surface area is 433 Å². The number of fused-ring (bicyclic) bond motifs is 15. The summed E-state index contributed by atoms with van der Waals surface area (Å²) >= 11 is 0. The third-order valence-electron chi connectivity index (χ3n) is 18.6. The molecule has 0 spiro atoms. The first kappa shape index (κ1) is 43.4. The van der Waals surface area contributed by atoms with E-state index in [0.29, 0.717) is 17.4 Å². The van der Waals surface area contributed by atoms with Crippen LogP contribution in [-0.4, -0.2) is 4.40 Å². The van der Waals surface area contributed by atoms with Gasteiger partial charge in [0.15, 0.2) is 5.69 Å². The van der Waals surface area contributed by atoms with E-state index in [1.807, 2.05) is 0 Å². The number of aromatic nitrogens is 1. The summed E-state index contributed by atoms with van der Waals surface area (Å²) < 4.78 is 2.52. The van der Waals surface area contributed by atoms with Crippen LogP contribution in [0.5, 0.6) is 0 Å². The van der Waals surface area contributed by atoms with Crippen molar-refractivity contribution >= 4 is 43.8 Å². The van der Waals surface area contributed by atoms with Crippen molar-refractivity contribution in [2.75, 3.05) is 0 Å². The van der Waals surface area contributed by atoms with Gasteiger partial charge in [0.2, 0.25) is 0 Å². The monoisotopic (exact) mass is 949 g/mol. The highest BCUT2D eigenvalue weighted by Crippen LogP contribution is 2.63. The van der Waals surface area contributed by atoms with Crippen LogP contribution in [0.4, 0.5) is 5.69 Å². The van der Waals surface area contributed by atoms with Gasteiger partial charge in [-0.3, -0.25) is 0 Å². The molecule has 2 bridgehead atoms. The molecule has 354 valence electrons. The summed E-state index contributed by atoms with van der Waals surface area (Å²) in [5.74, 6) is 0.864. The lowest BCUT2D eigenvalue weighted by atomic mass is 9.65. The van der Waals surface area contributed by atoms with Crippen LogP contribution >= 0.6 is 0 Å². The Kier molecular flexibility index (Phi) is 8.88. The Morgan fingerprint density at radius 3 is 1.69 bits per heavy atom. The Hall–Kier alpha value is -8.24. The normalized spacial score (nSPS) is 17.4. The second kappa shape index (κ2) is 15.2. The maximum atomic E-state index is 11.9. The van der Waals surface area contributed by atoms with Crippen molar-refractivity contribution in [3.05, 3.63) is 214 Å². The Bertz CT molecular complexity index is 4270. The van der Waals surface area contributed by atoms with Gasteiger partial charge in [-0.25, -0.2) is 4.85 Å². The van der Waals surface area contributed by atoms with E-state index in [4.69, 9.17) is 6.57 Å². The van der Waals surface area contributed by atoms with Crippen molar-refractivity contribution < 1.29 is 0 Å². The molecule has 2 heterocycles. The van der Waals surface area contributed by atoms with E-state index in [1.54, 1.807) is 0 Å². The molecular formula is C71H55N3. The first-order chi connectivity index (χ1) is 36.0. The zero-order valence-electron chi connectivity index (χ0n) is 42.9. The largest absolute Gasteiger partial charge is 0.309 e. The van der Waals surface area contributed by atoms with Gasteiger partial charge in [-0.2, -0.15) is 5.26 Å². The van der Waals surface area contributed by atoms with E-state index in [0.717, 1.165) is 74.1 Å². The molecule has 0 unspecified atom stereocenters. The summed E-state index contributed by atoms with van der Waals surface area (Å²) in [4.78, 5) is 4.37. The molecule has 74 heavy (non-hydrogen) atoms. The number of nitrogens with zero attached hydrogens (tertiary/aromatic N) is 3. The van der Waals surface area contributed by atoms with Crippen molar-refractivity contribution in [2.45, 2.75) is 95.8 Å². The van der Waals surface area contributed by atoms with Gasteiger partial charge in [-0.1, -0.05) is 157 Å². The fourth-order valence-electron chi connectivity index (χ4n) is 15.4. The first-order valence-corrected chi connectivity index (χ1v) is 26.8. The Balaban J connectivity index is 1.15. The van der Waals surface area contributed by atoms with Crippen molar-refractivity contribution in [1.82, 2.24) is 4.40 Å². The van der Waals surface area contributed by atoms with E-state index >= 15 is 0 Å². The third-order valence-corrected chi connectivity index (χ3v) is 18.6. The lowest BCUT2D eigenvalue weighted by Gasteiger charge is -2.39. The average molecular weight is 950 g/mol. The van der Waals surface area contributed by atoms with Crippen LogP contribution in [0, 0.1) is 17.9 Å². The van der Waals surface area contributed by atoms with E-state index in [2.05, 4.69) is 215 Å². The van der Waals surface area contributed by atoms with Crippen LogP contribution < -0.4 is 0 Å². The fourth-order valence-corrected chi connectivity index (χ4v) is 15.4. The van der Waals surface area contributed by atoms with Gasteiger partial charge in [0.1, 0.15) is 0 Å². The molecule has 1 saturated carbocycles. The molecule has 0 radical (unpaired) electrons. The van der Waals surface area contributed by atoms with Crippen LogP contribution in [-0.2, 0) is 10.8 Å². The predicted molar refractivity (Wildman–Crippen MR) is 307 cm³/mol. The lowest BCUT2D eigenvalue weighted by Crippen LogP contribution is -2.22. The molecule has 0 aliphatic heterocycles. The van der Waals surface area contributed by atoms with Gasteiger partial charge in [-0.05, 0) is 186 Å². The van der Waals surface area contributed by atoms with Crippen LogP contribution in [0.3, 0.4) is 0 Å². The molecule has 11 aromatic rings. The molecule has 2 aromatic heterocycles. The summed E-state index contributed by atoms with van der Waals surface area (Å²) in [6.45, 7) is 23.1. The summed E-state index contributed by atoms with van der Waals surface area (Å²) in [6, 6.07) is 61.1. The minimum Gasteiger partial charge on any atom is -0.309 e. The molecule has 0 saturated heterocycles. The quantitative estimate of drug-likeness (QED) is 0.158. The SMILES string of the molecule is [C-]#[N+]c1cc2c(c3c1C1CCC3CC1)c1cc3c(c4c5c(C(C)C)c(-c6c(-c7ccccc7)cc(-c7ccccc7)cc6-c6ccccc6)c(C#N)cc5n2c14)C(C)(C)c1cc2c(cc1-3)C(C)(C)c1ccccc1-2. The smallest absolute Gasteiger partial charge is 0.193 e. The molecule has 0 amide bonds. The zero-order chi connectivity index (χ0) is 50.1. The summed E-state index contributed by atoms with van der Waals surface area (Å²) in [5.41, 5.74) is 27.9. The molecule has 3 nitrogen and oxygen atoms in total. The highest BCUT2D eigenvalue weighted by Gasteiger charge is 2.45. The van der Waals surface area contributed by atoms with Gasteiger partial charge in [-0.15, -0.1) is 0 Å². The van der Waals surface area contributed by atoms with Gasteiger partial charge >= 0.3 is 0 Å². The summed E-state index contributed by atoms with van der Waals surface area (Å²) in [7, 11) is 0. The Morgan fingerprint density at radius 2 is 1.08 bits per heavy atom. The molecule has 5 aliphatic rings. The standard InChI is InChI=1S/C71H55N3/c1-39(2)60-63(64-48(41-21-13-9-14-22-41)31-45(40-19-11-8-12-20-40)32-49(64)42-23-15-10-16-24-42)46(38-72)33-58-66(60)67-68-52(51-36-55-50(35-56(51)71(68,5)6)47-25-17-18-26-54(47)70(55,3)4)34-53-65-59(74(58)69(53)67)37-57(73-7)61-43-27-29-44(30-28-43)62(61)65/h8-26,31-37,39,43-44H,27-30H2,1-6H3. The maximum Gasteiger partial charge on any atom is 0.193 e. The van der Waals surface area contributed by atoms with Gasteiger partial charge < -0.3 is 4.40 Å². The second-order valence-corrected chi connectivity index (χ2v) is 23.3. The molecule has 0 atom stereocenters. The van der Waals surface area contributed by atoms with Crippen molar-refractivity contribution in [3.63, 3.8) is 0 Å². The summed E-state index contributed by atoms with van der Waals surface area (Å²) in [5, 5.41) is 17.0. The Morgan fingerprint density at radius 1 is 0.527 bits per heavy atom. The fraction of sp³-hybridized carbons (Fsp3) is 0.211. The van der Waals surface area contributed by atoms with E-state index < -0.39 is 0 Å². The number of hydrogen-bond donors (Lipinski definition) is 0. The summed E-state index contributed by atoms with van der Waals surface area (Å²) in [6.07, 6.45) is 4.66. The molecule has 3 heteroatoms. The molecule has 9 aromatic carbocycles. The molecular weight excluding hydrogens is 895 g/mol. The number of nitriles is 1. The highest BCUT2D eigenvalue weighted by atomic mass is 14.9. The van der Waals surface area contributed by atoms with E-state index in [1.165, 1.54) is 101 Å². The highest BCUT2D eigenvalue weighted by molar-refractivity contribution is 6.29. The molecule has 1 fully saturated rings. The van der Waals surface area contributed by atoms with Gasteiger partial charge in [0.25, 0.3) is 0 Å². The van der Waals surface area contributed by atoms with Gasteiger partial charge in [0, 0.05) is 43.5 Å². The predicted octanol–water partition coefficient (Wildman–Crippen LogP) is 19.4. The minimum atomic E-state index is -0.377. The lowest BCUT2D eigenvalue weighted by molar-refractivity contribution is 0.362. The topological polar surface area (TPSA) is 32.6 Å². The third kappa shape index (κ3) is 5.55. The molecule has 0 N–H and O–H groups in total. The minimum absolute atomic E-state index is 0.0187. The maximum absolute atomic E-state index is 11.9. The van der Waals surface area contributed by atoms with Gasteiger partial charge in [0.05, 0.1) is 29.2 Å². The molecule has 16 rings (SSSR count). The van der Waals surface area contributed by atoms with Crippen LogP contribution in [0.25, 0.3) is 110 Å². The molecule has 5 aliphatic carbocycles. The van der Waals surface area contributed by atoms with Crippen molar-refractivity contribution in [1.29, 1.82) is 5.26 Å². The van der Waals surface area contributed by atoms with Crippen LogP contribution in [0.1, 0.15) is 129 Å². The zero-order valence-corrected chi connectivity index (χ0v) is 42.9. The number of rotatable bonds is 5. The van der Waals surface area contributed by atoms with Crippen LogP contribution in [0.15, 0.2) is 158 Å². The van der Waals surface area contributed by atoms with Crippen LogP contribution in [0.2, 0.25) is 0 Å². The van der Waals surface area contributed by atoms with E-state index in [9.17, 15) is 5.26 Å². The first-order valence-electron chi connectivity index (χ1n) is 26.8. The number of hydrogen-bond acceptors (Lipinski definition) is 1.